The van der Waals surface area contributed by atoms with Crippen LogP contribution in [0.5, 0.6) is 0 Å². The van der Waals surface area contributed by atoms with E-state index in [-0.39, 0.29) is 11.5 Å². The Labute approximate surface area is 128 Å². The van der Waals surface area contributed by atoms with Gasteiger partial charge in [0.05, 0.1) is 6.10 Å². The van der Waals surface area contributed by atoms with Gasteiger partial charge in [-0.25, -0.2) is 0 Å². The van der Waals surface area contributed by atoms with Crippen molar-refractivity contribution in [2.24, 2.45) is 40.9 Å². The second-order valence-electron chi connectivity index (χ2n) is 8.88. The van der Waals surface area contributed by atoms with Crippen LogP contribution in [0.4, 0.5) is 0 Å². The standard InChI is InChI=1S/C19H30O2/c1-11-9-15-12(10-17(11)20)3-4-14-13(15)7-8-19(2)16(14)5-6-18(19)21/h11-16,18,21H,3-10H2,1-2H3/t11-,12-,13-,14+,15-,16-,18-,19-/m0/s1. The molecule has 0 spiro atoms. The van der Waals surface area contributed by atoms with E-state index in [9.17, 15) is 9.90 Å². The maximum absolute atomic E-state index is 12.1. The van der Waals surface area contributed by atoms with Gasteiger partial charge in [0.25, 0.3) is 0 Å². The minimum absolute atomic E-state index is 0.0620. The highest BCUT2D eigenvalue weighted by atomic mass is 16.3. The number of fused-ring (bicyclic) bond motifs is 5. The molecule has 0 radical (unpaired) electrons. The first-order chi connectivity index (χ1) is 10.0. The Morgan fingerprint density at radius 1 is 1.05 bits per heavy atom. The summed E-state index contributed by atoms with van der Waals surface area (Å²) < 4.78 is 0. The average Bonchev–Trinajstić information content (AvgIpc) is 2.76. The fraction of sp³-hybridized carbons (Fsp3) is 0.947. The van der Waals surface area contributed by atoms with Gasteiger partial charge < -0.3 is 5.11 Å². The predicted octanol–water partition coefficient (Wildman–Crippen LogP) is 3.82. The van der Waals surface area contributed by atoms with Crippen molar-refractivity contribution in [1.82, 2.24) is 0 Å². The van der Waals surface area contributed by atoms with Gasteiger partial charge in [-0.1, -0.05) is 13.8 Å². The third-order valence-corrected chi connectivity index (χ3v) is 8.11. The Hall–Kier alpha value is -0.370. The summed E-state index contributed by atoms with van der Waals surface area (Å²) in [6.07, 6.45) is 9.32. The van der Waals surface area contributed by atoms with Crippen LogP contribution < -0.4 is 0 Å². The molecule has 8 atom stereocenters. The number of hydrogen-bond donors (Lipinski definition) is 1. The lowest BCUT2D eigenvalue weighted by Crippen LogP contribution is -2.50. The van der Waals surface area contributed by atoms with E-state index in [1.165, 1.54) is 32.1 Å². The summed E-state index contributed by atoms with van der Waals surface area (Å²) in [5.74, 6) is 4.74. The summed E-state index contributed by atoms with van der Waals surface area (Å²) in [6.45, 7) is 4.50. The fourth-order valence-electron chi connectivity index (χ4n) is 6.83. The molecule has 118 valence electrons. The van der Waals surface area contributed by atoms with E-state index < -0.39 is 0 Å². The van der Waals surface area contributed by atoms with Gasteiger partial charge in [0, 0.05) is 12.3 Å². The number of carbonyl (C=O) groups excluding carboxylic acids is 1. The van der Waals surface area contributed by atoms with Crippen LogP contribution >= 0.6 is 0 Å². The van der Waals surface area contributed by atoms with Gasteiger partial charge in [-0.2, -0.15) is 0 Å². The summed E-state index contributed by atoms with van der Waals surface area (Å²) in [4.78, 5) is 12.1. The SMILES string of the molecule is C[C@H]1C[C@H]2[C@@H](CC[C@@H]3[C@@H]2CC[C@]2(C)[C@@H](O)CC[C@@H]32)CC1=O. The molecule has 4 fully saturated rings. The third kappa shape index (κ3) is 1.97. The van der Waals surface area contributed by atoms with Crippen molar-refractivity contribution >= 4 is 5.78 Å². The van der Waals surface area contributed by atoms with Crippen molar-refractivity contribution in [3.05, 3.63) is 0 Å². The summed E-state index contributed by atoms with van der Waals surface area (Å²) in [7, 11) is 0. The Balaban J connectivity index is 1.58. The molecule has 2 nitrogen and oxygen atoms in total. The van der Waals surface area contributed by atoms with Crippen molar-refractivity contribution in [1.29, 1.82) is 0 Å². The molecule has 0 bridgehead atoms. The maximum atomic E-state index is 12.1. The monoisotopic (exact) mass is 290 g/mol. The fourth-order valence-corrected chi connectivity index (χ4v) is 6.83. The lowest BCUT2D eigenvalue weighted by molar-refractivity contribution is -0.133. The normalized spacial score (nSPS) is 56.5. The van der Waals surface area contributed by atoms with Gasteiger partial charge >= 0.3 is 0 Å². The van der Waals surface area contributed by atoms with Crippen LogP contribution in [0.15, 0.2) is 0 Å². The molecule has 4 saturated carbocycles. The lowest BCUT2D eigenvalue weighted by atomic mass is 9.50. The number of rotatable bonds is 0. The van der Waals surface area contributed by atoms with Crippen molar-refractivity contribution in [2.75, 3.05) is 0 Å². The molecule has 0 aromatic carbocycles. The van der Waals surface area contributed by atoms with E-state index in [2.05, 4.69) is 13.8 Å². The zero-order chi connectivity index (χ0) is 14.8. The molecular formula is C19H30O2. The topological polar surface area (TPSA) is 37.3 Å². The van der Waals surface area contributed by atoms with E-state index in [4.69, 9.17) is 0 Å². The number of hydrogen-bond acceptors (Lipinski definition) is 2. The summed E-state index contributed by atoms with van der Waals surface area (Å²) in [5, 5.41) is 10.4. The second kappa shape index (κ2) is 4.81. The highest BCUT2D eigenvalue weighted by Crippen LogP contribution is 2.62. The second-order valence-corrected chi connectivity index (χ2v) is 8.88. The molecular weight excluding hydrogens is 260 g/mol. The van der Waals surface area contributed by atoms with Crippen LogP contribution in [0.25, 0.3) is 0 Å². The minimum atomic E-state index is -0.0620. The predicted molar refractivity (Wildman–Crippen MR) is 82.7 cm³/mol. The summed E-state index contributed by atoms with van der Waals surface area (Å²) >= 11 is 0. The van der Waals surface area contributed by atoms with Crippen LogP contribution in [-0.4, -0.2) is 17.0 Å². The van der Waals surface area contributed by atoms with Gasteiger partial charge in [0.2, 0.25) is 0 Å². The largest absolute Gasteiger partial charge is 0.393 e. The molecule has 4 aliphatic carbocycles. The Bertz CT molecular complexity index is 445. The first-order valence-electron chi connectivity index (χ1n) is 9.21. The molecule has 0 aromatic heterocycles. The smallest absolute Gasteiger partial charge is 0.135 e. The Morgan fingerprint density at radius 3 is 2.67 bits per heavy atom. The van der Waals surface area contributed by atoms with Gasteiger partial charge in [0.1, 0.15) is 5.78 Å². The highest BCUT2D eigenvalue weighted by molar-refractivity contribution is 5.81. The Kier molecular flexibility index (Phi) is 3.26. The molecule has 0 amide bonds. The molecule has 2 heteroatoms. The van der Waals surface area contributed by atoms with Crippen LogP contribution in [0.3, 0.4) is 0 Å². The summed E-state index contributed by atoms with van der Waals surface area (Å²) in [5.41, 5.74) is 0.199. The van der Waals surface area contributed by atoms with E-state index in [1.54, 1.807) is 0 Å². The first-order valence-corrected chi connectivity index (χ1v) is 9.21. The van der Waals surface area contributed by atoms with Gasteiger partial charge in [-0.3, -0.25) is 4.79 Å². The molecule has 0 heterocycles. The quantitative estimate of drug-likeness (QED) is 0.736. The summed E-state index contributed by atoms with van der Waals surface area (Å²) in [6, 6.07) is 0. The number of ketones is 1. The molecule has 0 saturated heterocycles. The number of aliphatic hydroxyl groups is 1. The number of aliphatic hydroxyl groups excluding tert-OH is 1. The van der Waals surface area contributed by atoms with Crippen LogP contribution in [0, 0.1) is 40.9 Å². The van der Waals surface area contributed by atoms with E-state index in [0.717, 1.165) is 42.9 Å². The molecule has 4 aliphatic rings. The maximum Gasteiger partial charge on any atom is 0.135 e. The molecule has 4 rings (SSSR count). The molecule has 21 heavy (non-hydrogen) atoms. The molecule has 0 unspecified atom stereocenters. The third-order valence-electron chi connectivity index (χ3n) is 8.11. The van der Waals surface area contributed by atoms with Crippen molar-refractivity contribution in [3.63, 3.8) is 0 Å². The highest BCUT2D eigenvalue weighted by Gasteiger charge is 2.57. The van der Waals surface area contributed by atoms with Gasteiger partial charge in [-0.15, -0.1) is 0 Å². The van der Waals surface area contributed by atoms with Crippen molar-refractivity contribution in [2.45, 2.75) is 71.3 Å². The van der Waals surface area contributed by atoms with Crippen molar-refractivity contribution in [3.8, 4) is 0 Å². The van der Waals surface area contributed by atoms with Crippen LogP contribution in [0.2, 0.25) is 0 Å². The minimum Gasteiger partial charge on any atom is -0.393 e. The zero-order valence-electron chi connectivity index (χ0n) is 13.6. The Morgan fingerprint density at radius 2 is 1.86 bits per heavy atom. The lowest BCUT2D eigenvalue weighted by Gasteiger charge is -2.55. The zero-order valence-corrected chi connectivity index (χ0v) is 13.6. The van der Waals surface area contributed by atoms with Gasteiger partial charge in [0.15, 0.2) is 0 Å². The van der Waals surface area contributed by atoms with Crippen molar-refractivity contribution < 1.29 is 9.90 Å². The van der Waals surface area contributed by atoms with Crippen LogP contribution in [-0.2, 0) is 4.79 Å². The molecule has 0 aliphatic heterocycles. The molecule has 1 N–H and O–H groups in total. The average molecular weight is 290 g/mol. The van der Waals surface area contributed by atoms with E-state index in [1.807, 2.05) is 0 Å². The number of Topliss-reactive ketones (excluding diaryl/α,β-unsaturated/α-hetero) is 1. The van der Waals surface area contributed by atoms with Gasteiger partial charge in [-0.05, 0) is 80.0 Å². The molecule has 0 aromatic rings. The van der Waals surface area contributed by atoms with Crippen LogP contribution in [0.1, 0.15) is 65.2 Å². The van der Waals surface area contributed by atoms with E-state index in [0.29, 0.717) is 17.6 Å². The first kappa shape index (κ1) is 14.2. The number of carbonyl (C=O) groups is 1. The van der Waals surface area contributed by atoms with E-state index >= 15 is 0 Å².